The van der Waals surface area contributed by atoms with E-state index in [-0.39, 0.29) is 12.7 Å². The van der Waals surface area contributed by atoms with Crippen molar-refractivity contribution in [2.45, 2.75) is 30.5 Å². The van der Waals surface area contributed by atoms with Gasteiger partial charge in [0.2, 0.25) is 6.79 Å². The van der Waals surface area contributed by atoms with Gasteiger partial charge in [0.25, 0.3) is 5.91 Å². The van der Waals surface area contributed by atoms with E-state index in [4.69, 9.17) is 9.47 Å². The fourth-order valence-electron chi connectivity index (χ4n) is 3.07. The molecule has 0 saturated heterocycles. The fraction of sp³-hybridized carbons (Fsp3) is 0.333. The molecule has 1 aromatic heterocycles. The van der Waals surface area contributed by atoms with E-state index in [9.17, 15) is 4.79 Å². The second-order valence-electron chi connectivity index (χ2n) is 6.81. The van der Waals surface area contributed by atoms with Crippen LogP contribution in [0.1, 0.15) is 24.2 Å². The number of ether oxygens (including phenoxy) is 2. The van der Waals surface area contributed by atoms with Crippen LogP contribution in [0, 0.1) is 0 Å². The van der Waals surface area contributed by atoms with Crippen molar-refractivity contribution in [2.24, 2.45) is 4.99 Å². The van der Waals surface area contributed by atoms with E-state index in [1.165, 1.54) is 11.3 Å². The molecule has 1 amide bonds. The minimum absolute atomic E-state index is 0.222. The molecule has 0 bridgehead atoms. The Kier molecular flexibility index (Phi) is 6.22. The van der Waals surface area contributed by atoms with Crippen LogP contribution in [0.3, 0.4) is 0 Å². The zero-order valence-electron chi connectivity index (χ0n) is 16.5. The molecule has 8 heteroatoms. The first-order valence-electron chi connectivity index (χ1n) is 9.33. The molecular weight excluding hydrogens is 424 g/mol. The maximum Gasteiger partial charge on any atom is 0.279 e. The normalized spacial score (nSPS) is 13.6. The van der Waals surface area contributed by atoms with Gasteiger partial charge in [-0.15, -0.1) is 11.8 Å². The van der Waals surface area contributed by atoms with Crippen molar-refractivity contribution in [3.8, 4) is 11.5 Å². The third-order valence-corrected chi connectivity index (χ3v) is 6.98. The number of benzene rings is 2. The first kappa shape index (κ1) is 20.4. The van der Waals surface area contributed by atoms with Gasteiger partial charge < -0.3 is 14.0 Å². The number of amides is 1. The summed E-state index contributed by atoms with van der Waals surface area (Å²) >= 11 is 5.01. The maximum absolute atomic E-state index is 12.9. The lowest BCUT2D eigenvalue weighted by Crippen LogP contribution is -2.18. The van der Waals surface area contributed by atoms with E-state index in [1.807, 2.05) is 36.4 Å². The molecule has 0 fully saturated rings. The average Bonchev–Trinajstić information content (AvgIpc) is 3.27. The lowest BCUT2D eigenvalue weighted by atomic mass is 10.2. The van der Waals surface area contributed by atoms with Gasteiger partial charge in [0, 0.05) is 40.1 Å². The van der Waals surface area contributed by atoms with E-state index in [2.05, 4.69) is 29.7 Å². The summed E-state index contributed by atoms with van der Waals surface area (Å²) in [5, 5.41) is 0.458. The Labute approximate surface area is 182 Å². The minimum Gasteiger partial charge on any atom is -0.454 e. The molecule has 1 aliphatic heterocycles. The molecule has 0 unspecified atom stereocenters. The summed E-state index contributed by atoms with van der Waals surface area (Å²) < 4.78 is 14.2. The molecule has 5 nitrogen and oxygen atoms in total. The Bertz CT molecular complexity index is 1120. The van der Waals surface area contributed by atoms with Gasteiger partial charge >= 0.3 is 0 Å². The number of aryl methyl sites for hydroxylation is 1. The Hall–Kier alpha value is -1.90. The number of nitrogens with zero attached hydrogens (tertiary/aromatic N) is 2. The van der Waals surface area contributed by atoms with Gasteiger partial charge in [-0.05, 0) is 24.5 Å². The molecule has 0 atom stereocenters. The largest absolute Gasteiger partial charge is 0.454 e. The van der Waals surface area contributed by atoms with Crippen molar-refractivity contribution in [1.82, 2.24) is 4.57 Å². The smallest absolute Gasteiger partial charge is 0.279 e. The summed E-state index contributed by atoms with van der Waals surface area (Å²) in [6.07, 6.45) is 2.07. The Balaban J connectivity index is 1.75. The predicted molar refractivity (Wildman–Crippen MR) is 122 cm³/mol. The van der Waals surface area contributed by atoms with Crippen LogP contribution in [-0.2, 0) is 6.54 Å². The van der Waals surface area contributed by atoms with E-state index < -0.39 is 0 Å². The highest BCUT2D eigenvalue weighted by Crippen LogP contribution is 2.37. The molecule has 0 radical (unpaired) electrons. The monoisotopic (exact) mass is 446 g/mol. The number of thioether (sulfide) groups is 2. The molecule has 0 spiro atoms. The summed E-state index contributed by atoms with van der Waals surface area (Å²) in [5.74, 6) is 2.19. The summed E-state index contributed by atoms with van der Waals surface area (Å²) in [7, 11) is 0. The molecule has 152 valence electrons. The molecule has 2 heterocycles. The molecule has 1 aliphatic rings. The molecule has 0 N–H and O–H groups in total. The average molecular weight is 447 g/mol. The van der Waals surface area contributed by atoms with Crippen LogP contribution in [0.2, 0.25) is 0 Å². The highest BCUT2D eigenvalue weighted by atomic mass is 32.2. The zero-order valence-corrected chi connectivity index (χ0v) is 19.0. The Morgan fingerprint density at radius 1 is 1.24 bits per heavy atom. The highest BCUT2D eigenvalue weighted by Gasteiger charge is 2.18. The van der Waals surface area contributed by atoms with Gasteiger partial charge in [0.05, 0.1) is 10.2 Å². The summed E-state index contributed by atoms with van der Waals surface area (Å²) in [5.41, 5.74) is 1.63. The second-order valence-corrected chi connectivity index (χ2v) is 10.5. The highest BCUT2D eigenvalue weighted by molar-refractivity contribution is 7.99. The fourth-order valence-corrected chi connectivity index (χ4v) is 5.40. The van der Waals surface area contributed by atoms with Gasteiger partial charge in [-0.3, -0.25) is 4.79 Å². The van der Waals surface area contributed by atoms with Crippen LogP contribution in [0.15, 0.2) is 46.3 Å². The number of fused-ring (bicyclic) bond motifs is 2. The molecule has 4 rings (SSSR count). The minimum atomic E-state index is -0.222. The number of rotatable bonds is 6. The summed E-state index contributed by atoms with van der Waals surface area (Å²) in [6.45, 7) is 5.30. The number of hydrogen-bond donors (Lipinski definition) is 0. The van der Waals surface area contributed by atoms with Gasteiger partial charge in [-0.25, -0.2) is 0 Å². The van der Waals surface area contributed by atoms with Crippen LogP contribution < -0.4 is 14.3 Å². The van der Waals surface area contributed by atoms with Gasteiger partial charge in [-0.2, -0.15) is 16.8 Å². The van der Waals surface area contributed by atoms with Crippen LogP contribution in [0.5, 0.6) is 11.5 Å². The SMILES string of the molecule is CSCCn1c(=NC(=O)c2cccc(SC(C)C)c2)sc2cc3c(cc21)OCO3. The van der Waals surface area contributed by atoms with Crippen molar-refractivity contribution in [1.29, 1.82) is 0 Å². The van der Waals surface area contributed by atoms with E-state index in [1.54, 1.807) is 23.5 Å². The molecule has 29 heavy (non-hydrogen) atoms. The quantitative estimate of drug-likeness (QED) is 0.497. The third kappa shape index (κ3) is 4.49. The van der Waals surface area contributed by atoms with E-state index in [0.717, 1.165) is 38.9 Å². The first-order valence-corrected chi connectivity index (χ1v) is 12.4. The van der Waals surface area contributed by atoms with Crippen molar-refractivity contribution in [3.63, 3.8) is 0 Å². The Morgan fingerprint density at radius 2 is 2.03 bits per heavy atom. The topological polar surface area (TPSA) is 52.8 Å². The van der Waals surface area contributed by atoms with E-state index >= 15 is 0 Å². The maximum atomic E-state index is 12.9. The molecule has 3 aromatic rings. The first-order chi connectivity index (χ1) is 14.0. The summed E-state index contributed by atoms with van der Waals surface area (Å²) in [6, 6.07) is 11.7. The molecular formula is C21H22N2O3S3. The number of carbonyl (C=O) groups is 1. The molecule has 2 aromatic carbocycles. The van der Waals surface area contributed by atoms with Gasteiger partial charge in [0.1, 0.15) is 0 Å². The number of aromatic nitrogens is 1. The number of carbonyl (C=O) groups excluding carboxylic acids is 1. The molecule has 0 saturated carbocycles. The van der Waals surface area contributed by atoms with Crippen molar-refractivity contribution in [2.75, 3.05) is 18.8 Å². The summed E-state index contributed by atoms with van der Waals surface area (Å²) in [4.78, 5) is 19.2. The number of hydrogen-bond acceptors (Lipinski definition) is 6. The van der Waals surface area contributed by atoms with Gasteiger partial charge in [0.15, 0.2) is 16.3 Å². The molecule has 0 aliphatic carbocycles. The van der Waals surface area contributed by atoms with Crippen LogP contribution in [-0.4, -0.2) is 34.5 Å². The van der Waals surface area contributed by atoms with Gasteiger partial charge in [-0.1, -0.05) is 31.3 Å². The zero-order chi connectivity index (χ0) is 20.4. The van der Waals surface area contributed by atoms with Crippen LogP contribution in [0.4, 0.5) is 0 Å². The van der Waals surface area contributed by atoms with Crippen LogP contribution >= 0.6 is 34.9 Å². The van der Waals surface area contributed by atoms with Crippen molar-refractivity contribution < 1.29 is 14.3 Å². The van der Waals surface area contributed by atoms with Crippen molar-refractivity contribution in [3.05, 3.63) is 46.8 Å². The second kappa shape index (κ2) is 8.85. The predicted octanol–water partition coefficient (Wildman–Crippen LogP) is 5.04. The standard InChI is InChI=1S/C21H22N2O3S3/c1-13(2)28-15-6-4-5-14(9-15)20(24)22-21-23(7-8-27-3)16-10-17-18(26-12-25-17)11-19(16)29-21/h4-6,9-11,13H,7-8,12H2,1-3H3. The lowest BCUT2D eigenvalue weighted by Gasteiger charge is -2.06. The van der Waals surface area contributed by atoms with E-state index in [0.29, 0.717) is 15.6 Å². The Morgan fingerprint density at radius 3 is 2.79 bits per heavy atom. The van der Waals surface area contributed by atoms with Crippen molar-refractivity contribution >= 4 is 51.0 Å². The third-order valence-electron chi connectivity index (χ3n) is 4.35. The van der Waals surface area contributed by atoms with Crippen LogP contribution in [0.25, 0.3) is 10.2 Å². The lowest BCUT2D eigenvalue weighted by molar-refractivity contribution is 0.0997. The number of thiazole rings is 1.